The van der Waals surface area contributed by atoms with Gasteiger partial charge in [-0.1, -0.05) is 22.0 Å². The fourth-order valence-electron chi connectivity index (χ4n) is 1.74. The van der Waals surface area contributed by atoms with Crippen molar-refractivity contribution in [1.82, 2.24) is 4.31 Å². The predicted molar refractivity (Wildman–Crippen MR) is 79.0 cm³/mol. The summed E-state index contributed by atoms with van der Waals surface area (Å²) in [5.41, 5.74) is 0. The largest absolute Gasteiger partial charge is 0.244 e. The lowest BCUT2D eigenvalue weighted by atomic mass is 10.4. The van der Waals surface area contributed by atoms with Gasteiger partial charge in [-0.15, -0.1) is 6.58 Å². The summed E-state index contributed by atoms with van der Waals surface area (Å²) in [6, 6.07) is 5.22. The van der Waals surface area contributed by atoms with Crippen LogP contribution in [0.4, 0.5) is 0 Å². The van der Waals surface area contributed by atoms with Crippen LogP contribution in [-0.2, 0) is 10.0 Å². The number of sulfonamides is 1. The van der Waals surface area contributed by atoms with E-state index in [0.717, 1.165) is 17.3 Å². The molecule has 2 rings (SSSR count). The van der Waals surface area contributed by atoms with Gasteiger partial charge >= 0.3 is 0 Å². The van der Waals surface area contributed by atoms with Gasteiger partial charge in [-0.2, -0.15) is 4.31 Å². The molecular formula is C12H13Br2NO2S. The summed E-state index contributed by atoms with van der Waals surface area (Å²) < 4.78 is 28.1. The van der Waals surface area contributed by atoms with Crippen molar-refractivity contribution in [1.29, 1.82) is 0 Å². The van der Waals surface area contributed by atoms with Crippen LogP contribution >= 0.6 is 31.9 Å². The standard InChI is InChI=1S/C12H13Br2NO2S/c1-2-7-15(10-4-5-10)18(16,17)12-6-3-9(13)8-11(12)14/h2-3,6,8,10H,1,4-5,7H2. The maximum Gasteiger partial charge on any atom is 0.244 e. The first kappa shape index (κ1) is 14.2. The average Bonchev–Trinajstić information content (AvgIpc) is 3.08. The molecule has 0 heterocycles. The van der Waals surface area contributed by atoms with Crippen molar-refractivity contribution in [2.45, 2.75) is 23.8 Å². The Morgan fingerprint density at radius 3 is 2.56 bits per heavy atom. The molecule has 3 nitrogen and oxygen atoms in total. The molecule has 1 saturated carbocycles. The highest BCUT2D eigenvalue weighted by atomic mass is 79.9. The highest BCUT2D eigenvalue weighted by Gasteiger charge is 2.37. The van der Waals surface area contributed by atoms with Crippen LogP contribution in [0.15, 0.2) is 44.7 Å². The summed E-state index contributed by atoms with van der Waals surface area (Å²) in [7, 11) is -3.45. The molecule has 98 valence electrons. The molecule has 18 heavy (non-hydrogen) atoms. The van der Waals surface area contributed by atoms with E-state index in [1.165, 1.54) is 4.31 Å². The molecule has 0 aromatic heterocycles. The minimum atomic E-state index is -3.45. The summed E-state index contributed by atoms with van der Waals surface area (Å²) >= 11 is 6.63. The molecule has 1 aromatic rings. The number of benzene rings is 1. The van der Waals surface area contributed by atoms with Gasteiger partial charge in [-0.05, 0) is 47.0 Å². The zero-order valence-electron chi connectivity index (χ0n) is 9.64. The second-order valence-corrected chi connectivity index (χ2v) is 7.80. The highest BCUT2D eigenvalue weighted by Crippen LogP contribution is 2.35. The summed E-state index contributed by atoms with van der Waals surface area (Å²) in [4.78, 5) is 0.305. The Kier molecular flexibility index (Phi) is 4.31. The van der Waals surface area contributed by atoms with E-state index in [1.807, 2.05) is 0 Å². The van der Waals surface area contributed by atoms with Gasteiger partial charge in [-0.25, -0.2) is 8.42 Å². The zero-order chi connectivity index (χ0) is 13.3. The first-order valence-electron chi connectivity index (χ1n) is 5.54. The fourth-order valence-corrected chi connectivity index (χ4v) is 5.11. The summed E-state index contributed by atoms with van der Waals surface area (Å²) in [6.07, 6.45) is 3.49. The van der Waals surface area contributed by atoms with E-state index in [9.17, 15) is 8.42 Å². The van der Waals surface area contributed by atoms with Crippen LogP contribution in [0, 0.1) is 0 Å². The minimum absolute atomic E-state index is 0.128. The van der Waals surface area contributed by atoms with Crippen molar-refractivity contribution >= 4 is 41.9 Å². The fraction of sp³-hybridized carbons (Fsp3) is 0.333. The van der Waals surface area contributed by atoms with E-state index < -0.39 is 10.0 Å². The van der Waals surface area contributed by atoms with Gasteiger partial charge in [0.05, 0.1) is 4.90 Å². The number of hydrogen-bond acceptors (Lipinski definition) is 2. The van der Waals surface area contributed by atoms with Crippen molar-refractivity contribution in [2.75, 3.05) is 6.54 Å². The monoisotopic (exact) mass is 393 g/mol. The van der Waals surface area contributed by atoms with Crippen LogP contribution in [0.1, 0.15) is 12.8 Å². The maximum atomic E-state index is 12.6. The second-order valence-electron chi connectivity index (χ2n) is 4.17. The number of halogens is 2. The van der Waals surface area contributed by atoms with Crippen LogP contribution in [0.2, 0.25) is 0 Å². The molecule has 0 unspecified atom stereocenters. The van der Waals surface area contributed by atoms with Crippen LogP contribution < -0.4 is 0 Å². The van der Waals surface area contributed by atoms with Crippen LogP contribution in [0.25, 0.3) is 0 Å². The minimum Gasteiger partial charge on any atom is -0.207 e. The first-order chi connectivity index (χ1) is 8.46. The molecule has 0 amide bonds. The average molecular weight is 395 g/mol. The number of nitrogens with zero attached hydrogens (tertiary/aromatic N) is 1. The lowest BCUT2D eigenvalue weighted by Gasteiger charge is -2.21. The Morgan fingerprint density at radius 1 is 1.39 bits per heavy atom. The smallest absolute Gasteiger partial charge is 0.207 e. The van der Waals surface area contributed by atoms with Gasteiger partial charge in [0, 0.05) is 21.5 Å². The summed E-state index contributed by atoms with van der Waals surface area (Å²) in [5.74, 6) is 0. The van der Waals surface area contributed by atoms with Gasteiger partial charge < -0.3 is 0 Å². The Balaban J connectivity index is 2.42. The molecule has 0 atom stereocenters. The quantitative estimate of drug-likeness (QED) is 0.716. The van der Waals surface area contributed by atoms with Crippen molar-refractivity contribution < 1.29 is 8.42 Å². The molecule has 1 aromatic carbocycles. The van der Waals surface area contributed by atoms with Gasteiger partial charge in [0.1, 0.15) is 0 Å². The van der Waals surface area contributed by atoms with Crippen LogP contribution in [0.5, 0.6) is 0 Å². The van der Waals surface area contributed by atoms with Gasteiger partial charge in [0.2, 0.25) is 10.0 Å². The van der Waals surface area contributed by atoms with E-state index >= 15 is 0 Å². The van der Waals surface area contributed by atoms with Crippen molar-refractivity contribution in [3.8, 4) is 0 Å². The predicted octanol–water partition coefficient (Wildman–Crippen LogP) is 3.55. The van der Waals surface area contributed by atoms with Crippen LogP contribution in [0.3, 0.4) is 0 Å². The Hall–Kier alpha value is -0.170. The van der Waals surface area contributed by atoms with E-state index in [0.29, 0.717) is 15.9 Å². The third-order valence-electron chi connectivity index (χ3n) is 2.74. The topological polar surface area (TPSA) is 37.4 Å². The molecule has 0 saturated heterocycles. The Morgan fingerprint density at radius 2 is 2.06 bits per heavy atom. The van der Waals surface area contributed by atoms with Gasteiger partial charge in [-0.3, -0.25) is 0 Å². The molecule has 1 aliphatic rings. The lowest BCUT2D eigenvalue weighted by molar-refractivity contribution is 0.435. The van der Waals surface area contributed by atoms with Crippen LogP contribution in [-0.4, -0.2) is 25.3 Å². The Labute approximate surface area is 124 Å². The van der Waals surface area contributed by atoms with E-state index in [-0.39, 0.29) is 6.04 Å². The van der Waals surface area contributed by atoms with E-state index in [2.05, 4.69) is 38.4 Å². The highest BCUT2D eigenvalue weighted by molar-refractivity contribution is 9.11. The molecule has 6 heteroatoms. The van der Waals surface area contributed by atoms with Crippen molar-refractivity contribution in [2.24, 2.45) is 0 Å². The van der Waals surface area contributed by atoms with E-state index in [4.69, 9.17) is 0 Å². The van der Waals surface area contributed by atoms with E-state index in [1.54, 1.807) is 24.3 Å². The molecule has 1 fully saturated rings. The summed E-state index contributed by atoms with van der Waals surface area (Å²) in [6.45, 7) is 3.99. The number of hydrogen-bond donors (Lipinski definition) is 0. The Bertz CT molecular complexity index is 567. The lowest BCUT2D eigenvalue weighted by Crippen LogP contribution is -2.33. The maximum absolute atomic E-state index is 12.6. The normalized spacial score (nSPS) is 15.9. The third-order valence-corrected chi connectivity index (χ3v) is 6.13. The SMILES string of the molecule is C=CCN(C1CC1)S(=O)(=O)c1ccc(Br)cc1Br. The second kappa shape index (κ2) is 5.45. The molecule has 0 N–H and O–H groups in total. The first-order valence-corrected chi connectivity index (χ1v) is 8.57. The zero-order valence-corrected chi connectivity index (χ0v) is 13.6. The van der Waals surface area contributed by atoms with Gasteiger partial charge in [0.25, 0.3) is 0 Å². The molecule has 1 aliphatic carbocycles. The van der Waals surface area contributed by atoms with Crippen molar-refractivity contribution in [3.05, 3.63) is 39.8 Å². The molecule has 0 spiro atoms. The molecular weight excluding hydrogens is 382 g/mol. The molecule has 0 aliphatic heterocycles. The van der Waals surface area contributed by atoms with Gasteiger partial charge in [0.15, 0.2) is 0 Å². The third kappa shape index (κ3) is 2.87. The van der Waals surface area contributed by atoms with Crippen molar-refractivity contribution in [3.63, 3.8) is 0 Å². The molecule has 0 bridgehead atoms. The summed E-state index contributed by atoms with van der Waals surface area (Å²) in [5, 5.41) is 0. The molecule has 0 radical (unpaired) electrons. The number of rotatable bonds is 5.